The molecule has 0 spiro atoms. The van der Waals surface area contributed by atoms with Gasteiger partial charge in [-0.15, -0.1) is 0 Å². The van der Waals surface area contributed by atoms with Gasteiger partial charge >= 0.3 is 0 Å². The van der Waals surface area contributed by atoms with Crippen LogP contribution in [0.1, 0.15) is 18.2 Å². The molecular formula is C12H21ClN4S2. The zero-order valence-corrected chi connectivity index (χ0v) is 13.9. The van der Waals surface area contributed by atoms with Gasteiger partial charge in [-0.25, -0.2) is 0 Å². The molecule has 2 rings (SSSR count). The van der Waals surface area contributed by atoms with Crippen LogP contribution in [-0.4, -0.2) is 37.8 Å². The molecule has 3 unspecified atom stereocenters. The Labute approximate surface area is 128 Å². The van der Waals surface area contributed by atoms with E-state index >= 15 is 0 Å². The zero-order chi connectivity index (χ0) is 14.0. The molecule has 0 aliphatic carbocycles. The van der Waals surface area contributed by atoms with E-state index in [-0.39, 0.29) is 6.04 Å². The Bertz CT molecular complexity index is 438. The summed E-state index contributed by atoms with van der Waals surface area (Å²) >= 11 is 10.3. The number of hydrogen-bond acceptors (Lipinski definition) is 5. The highest BCUT2D eigenvalue weighted by molar-refractivity contribution is 8.07. The number of hydrazine groups is 1. The van der Waals surface area contributed by atoms with Gasteiger partial charge in [-0.1, -0.05) is 18.5 Å². The second-order valence-corrected chi connectivity index (χ2v) is 8.00. The molecule has 2 heterocycles. The molecule has 7 heteroatoms. The van der Waals surface area contributed by atoms with Crippen LogP contribution in [0, 0.1) is 6.92 Å². The third-order valence-electron chi connectivity index (χ3n) is 3.54. The van der Waals surface area contributed by atoms with E-state index < -0.39 is 0 Å². The van der Waals surface area contributed by atoms with Crippen LogP contribution in [0.4, 0.5) is 0 Å². The molecule has 1 saturated heterocycles. The minimum absolute atomic E-state index is 0.230. The Morgan fingerprint density at radius 2 is 2.21 bits per heavy atom. The number of aromatic nitrogens is 2. The Balaban J connectivity index is 2.14. The number of halogens is 1. The first-order valence-corrected chi connectivity index (χ1v) is 8.89. The Morgan fingerprint density at radius 3 is 2.74 bits per heavy atom. The van der Waals surface area contributed by atoms with Gasteiger partial charge in [-0.05, 0) is 13.3 Å². The van der Waals surface area contributed by atoms with Crippen LogP contribution in [-0.2, 0) is 13.5 Å². The summed E-state index contributed by atoms with van der Waals surface area (Å²) in [7, 11) is 1.87. The number of aryl methyl sites for hydroxylation is 2. The van der Waals surface area contributed by atoms with Gasteiger partial charge in [0, 0.05) is 40.7 Å². The highest BCUT2D eigenvalue weighted by atomic mass is 35.5. The summed E-state index contributed by atoms with van der Waals surface area (Å²) in [6.45, 7) is 4.28. The molecule has 108 valence electrons. The fraction of sp³-hybridized carbons (Fsp3) is 0.750. The van der Waals surface area contributed by atoms with Gasteiger partial charge in [0.2, 0.25) is 0 Å². The quantitative estimate of drug-likeness (QED) is 0.656. The van der Waals surface area contributed by atoms with Crippen molar-refractivity contribution in [1.29, 1.82) is 0 Å². The SMILES string of the molecule is Cc1nn(C)c(Cl)c1CC(NN)C1SCCSC1C. The van der Waals surface area contributed by atoms with Gasteiger partial charge in [0.15, 0.2) is 0 Å². The predicted octanol–water partition coefficient (Wildman–Crippen LogP) is 1.99. The third kappa shape index (κ3) is 3.42. The molecule has 0 aromatic carbocycles. The van der Waals surface area contributed by atoms with Crippen molar-refractivity contribution in [2.45, 2.75) is 36.8 Å². The van der Waals surface area contributed by atoms with Gasteiger partial charge < -0.3 is 0 Å². The second-order valence-electron chi connectivity index (χ2n) is 4.87. The molecular weight excluding hydrogens is 300 g/mol. The fourth-order valence-corrected chi connectivity index (χ4v) is 5.68. The van der Waals surface area contributed by atoms with Crippen LogP contribution in [0.5, 0.6) is 0 Å². The molecule has 3 atom stereocenters. The number of rotatable bonds is 4. The molecule has 1 aromatic heterocycles. The van der Waals surface area contributed by atoms with Crippen LogP contribution in [0.15, 0.2) is 0 Å². The van der Waals surface area contributed by atoms with Gasteiger partial charge in [0.1, 0.15) is 5.15 Å². The minimum Gasteiger partial charge on any atom is -0.271 e. The van der Waals surface area contributed by atoms with Gasteiger partial charge in [-0.2, -0.15) is 28.6 Å². The van der Waals surface area contributed by atoms with Crippen molar-refractivity contribution in [2.75, 3.05) is 11.5 Å². The number of hydrogen-bond donors (Lipinski definition) is 2. The van der Waals surface area contributed by atoms with Crippen molar-refractivity contribution in [1.82, 2.24) is 15.2 Å². The monoisotopic (exact) mass is 320 g/mol. The van der Waals surface area contributed by atoms with Gasteiger partial charge in [0.05, 0.1) is 5.69 Å². The first-order chi connectivity index (χ1) is 9.04. The molecule has 19 heavy (non-hydrogen) atoms. The number of nitrogens with zero attached hydrogens (tertiary/aromatic N) is 2. The maximum Gasteiger partial charge on any atom is 0.130 e. The standard InChI is InChI=1S/C12H21ClN4S2/c1-7-9(12(13)17(3)16-7)6-10(15-14)11-8(2)18-4-5-19-11/h8,10-11,15H,4-6,14H2,1-3H3. The lowest BCUT2D eigenvalue weighted by Crippen LogP contribution is -2.48. The predicted molar refractivity (Wildman–Crippen MR) is 85.9 cm³/mol. The third-order valence-corrected chi connectivity index (χ3v) is 7.27. The fourth-order valence-electron chi connectivity index (χ4n) is 2.49. The lowest BCUT2D eigenvalue weighted by atomic mass is 10.0. The second kappa shape index (κ2) is 6.72. The van der Waals surface area contributed by atoms with Crippen LogP contribution < -0.4 is 11.3 Å². The maximum absolute atomic E-state index is 6.31. The highest BCUT2D eigenvalue weighted by Gasteiger charge is 2.31. The summed E-state index contributed by atoms with van der Waals surface area (Å²) in [4.78, 5) is 0. The smallest absolute Gasteiger partial charge is 0.130 e. The first-order valence-electron chi connectivity index (χ1n) is 6.42. The molecule has 1 aromatic rings. The lowest BCUT2D eigenvalue weighted by Gasteiger charge is -2.34. The molecule has 1 fully saturated rings. The number of thioether (sulfide) groups is 2. The van der Waals surface area contributed by atoms with Crippen LogP contribution in [0.25, 0.3) is 0 Å². The molecule has 0 saturated carbocycles. The normalized spacial score (nSPS) is 25.5. The minimum atomic E-state index is 0.230. The first kappa shape index (κ1) is 15.5. The summed E-state index contributed by atoms with van der Waals surface area (Å²) in [6, 6.07) is 0.230. The average Bonchev–Trinajstić information content (AvgIpc) is 2.63. The summed E-state index contributed by atoms with van der Waals surface area (Å²) < 4.78 is 1.73. The van der Waals surface area contributed by atoms with E-state index in [1.54, 1.807) is 4.68 Å². The van der Waals surface area contributed by atoms with Crippen molar-refractivity contribution in [3.63, 3.8) is 0 Å². The number of nitrogens with two attached hydrogens (primary N) is 1. The highest BCUT2D eigenvalue weighted by Crippen LogP contribution is 2.34. The topological polar surface area (TPSA) is 55.9 Å². The largest absolute Gasteiger partial charge is 0.271 e. The summed E-state index contributed by atoms with van der Waals surface area (Å²) in [5.74, 6) is 8.20. The van der Waals surface area contributed by atoms with Crippen LogP contribution in [0.2, 0.25) is 5.15 Å². The molecule has 1 aliphatic heterocycles. The van der Waals surface area contributed by atoms with Crippen molar-refractivity contribution in [2.24, 2.45) is 12.9 Å². The van der Waals surface area contributed by atoms with E-state index in [9.17, 15) is 0 Å². The average molecular weight is 321 g/mol. The van der Waals surface area contributed by atoms with Gasteiger partial charge in [-0.3, -0.25) is 16.0 Å². The van der Waals surface area contributed by atoms with E-state index in [1.807, 2.05) is 37.5 Å². The molecule has 1 aliphatic rings. The maximum atomic E-state index is 6.31. The molecule has 0 radical (unpaired) electrons. The van der Waals surface area contributed by atoms with Crippen molar-refractivity contribution in [3.8, 4) is 0 Å². The van der Waals surface area contributed by atoms with E-state index in [0.717, 1.165) is 22.8 Å². The summed E-state index contributed by atoms with van der Waals surface area (Å²) in [5.41, 5.74) is 5.09. The lowest BCUT2D eigenvalue weighted by molar-refractivity contribution is 0.500. The molecule has 0 amide bonds. The Hall–Kier alpha value is 0.120. The van der Waals surface area contributed by atoms with Crippen molar-refractivity contribution >= 4 is 35.1 Å². The zero-order valence-electron chi connectivity index (χ0n) is 11.5. The molecule has 3 N–H and O–H groups in total. The van der Waals surface area contributed by atoms with E-state index in [0.29, 0.717) is 10.5 Å². The Morgan fingerprint density at radius 1 is 1.53 bits per heavy atom. The Kier molecular flexibility index (Phi) is 5.48. The summed E-state index contributed by atoms with van der Waals surface area (Å²) in [6.07, 6.45) is 0.831. The number of nitrogens with one attached hydrogen (secondary N) is 1. The van der Waals surface area contributed by atoms with Crippen LogP contribution in [0.3, 0.4) is 0 Å². The molecule has 4 nitrogen and oxygen atoms in total. The van der Waals surface area contributed by atoms with Crippen molar-refractivity contribution in [3.05, 3.63) is 16.4 Å². The summed E-state index contributed by atoms with van der Waals surface area (Å²) in [5, 5.41) is 6.21. The van der Waals surface area contributed by atoms with Gasteiger partial charge in [0.25, 0.3) is 0 Å². The van der Waals surface area contributed by atoms with E-state index in [1.165, 1.54) is 11.5 Å². The van der Waals surface area contributed by atoms with Crippen LogP contribution >= 0.6 is 35.1 Å². The van der Waals surface area contributed by atoms with E-state index in [2.05, 4.69) is 17.4 Å². The van der Waals surface area contributed by atoms with E-state index in [4.69, 9.17) is 17.4 Å². The van der Waals surface area contributed by atoms with Crippen molar-refractivity contribution < 1.29 is 0 Å². The molecule has 0 bridgehead atoms.